The number of nitrogens with one attached hydrogen (secondary N) is 1. The molecule has 2 rings (SSSR count). The van der Waals surface area contributed by atoms with Crippen molar-refractivity contribution in [1.82, 2.24) is 10.3 Å². The molecular weight excluding hydrogens is 213 g/mol. The van der Waals surface area contributed by atoms with Gasteiger partial charge in [0.15, 0.2) is 5.01 Å². The van der Waals surface area contributed by atoms with Crippen LogP contribution >= 0.6 is 11.3 Å². The van der Waals surface area contributed by atoms with Crippen molar-refractivity contribution >= 4 is 11.3 Å². The molecule has 1 fully saturated rings. The van der Waals surface area contributed by atoms with Gasteiger partial charge in [-0.3, -0.25) is 0 Å². The van der Waals surface area contributed by atoms with E-state index in [1.807, 2.05) is 0 Å². The van der Waals surface area contributed by atoms with Gasteiger partial charge in [0, 0.05) is 5.38 Å². The van der Waals surface area contributed by atoms with Crippen LogP contribution < -0.4 is 5.32 Å². The number of hydrogen-bond donors (Lipinski definition) is 1. The first-order chi connectivity index (χ1) is 6.57. The quantitative estimate of drug-likeness (QED) is 0.790. The number of hydrogen-bond acceptors (Lipinski definition) is 3. The van der Waals surface area contributed by atoms with Gasteiger partial charge in [0.2, 0.25) is 0 Å². The smallest absolute Gasteiger partial charge is 0.309 e. The minimum atomic E-state index is -4.30. The summed E-state index contributed by atoms with van der Waals surface area (Å²) in [4.78, 5) is 3.59. The van der Waals surface area contributed by atoms with E-state index in [1.54, 1.807) is 0 Å². The standard InChI is InChI=1S/C8H9F3N2S/c9-8(10,11)7-13-6(4-14-7)5-2-1-3-12-5/h4-5,12H,1-3H2/t5-/m0/s1. The average Bonchev–Trinajstić information content (AvgIpc) is 2.73. The van der Waals surface area contributed by atoms with E-state index >= 15 is 0 Å². The molecule has 0 spiro atoms. The molecule has 0 aromatic carbocycles. The molecule has 2 nitrogen and oxygen atoms in total. The van der Waals surface area contributed by atoms with Gasteiger partial charge in [0.05, 0.1) is 11.7 Å². The second-order valence-corrected chi connectivity index (χ2v) is 4.08. The van der Waals surface area contributed by atoms with Crippen LogP contribution in [0.15, 0.2) is 5.38 Å². The van der Waals surface area contributed by atoms with E-state index in [0.29, 0.717) is 17.0 Å². The van der Waals surface area contributed by atoms with Crippen LogP contribution in [0.3, 0.4) is 0 Å². The highest BCUT2D eigenvalue weighted by atomic mass is 32.1. The molecule has 6 heteroatoms. The molecule has 0 amide bonds. The van der Waals surface area contributed by atoms with Crippen molar-refractivity contribution < 1.29 is 13.2 Å². The van der Waals surface area contributed by atoms with E-state index in [4.69, 9.17) is 0 Å². The second kappa shape index (κ2) is 3.51. The Morgan fingerprint density at radius 2 is 2.29 bits per heavy atom. The number of aromatic nitrogens is 1. The molecular formula is C8H9F3N2S. The zero-order valence-electron chi connectivity index (χ0n) is 7.27. The van der Waals surface area contributed by atoms with Crippen LogP contribution in [0, 0.1) is 0 Å². The van der Waals surface area contributed by atoms with Gasteiger partial charge in [-0.05, 0) is 19.4 Å². The summed E-state index contributed by atoms with van der Waals surface area (Å²) in [5, 5.41) is 3.86. The normalized spacial score (nSPS) is 22.9. The molecule has 0 aliphatic carbocycles. The lowest BCUT2D eigenvalue weighted by Gasteiger charge is -2.05. The molecule has 0 unspecified atom stereocenters. The molecule has 1 aliphatic heterocycles. The lowest BCUT2D eigenvalue weighted by atomic mass is 10.2. The van der Waals surface area contributed by atoms with Gasteiger partial charge < -0.3 is 5.32 Å². The van der Waals surface area contributed by atoms with Gasteiger partial charge in [-0.25, -0.2) is 4.98 Å². The number of thiazole rings is 1. The number of alkyl halides is 3. The fourth-order valence-electron chi connectivity index (χ4n) is 1.51. The Labute approximate surface area is 83.2 Å². The molecule has 78 valence electrons. The SMILES string of the molecule is FC(F)(F)c1nc([C@@H]2CCCN2)cs1. The van der Waals surface area contributed by atoms with Crippen molar-refractivity contribution in [2.24, 2.45) is 0 Å². The molecule has 1 aromatic heterocycles. The Morgan fingerprint density at radius 3 is 2.79 bits per heavy atom. The first-order valence-electron chi connectivity index (χ1n) is 4.33. The zero-order valence-corrected chi connectivity index (χ0v) is 8.08. The van der Waals surface area contributed by atoms with Crippen molar-refractivity contribution in [2.45, 2.75) is 25.1 Å². The summed E-state index contributed by atoms with van der Waals surface area (Å²) in [5.41, 5.74) is 0.528. The second-order valence-electron chi connectivity index (χ2n) is 3.22. The van der Waals surface area contributed by atoms with Crippen LogP contribution in [0.2, 0.25) is 0 Å². The van der Waals surface area contributed by atoms with Gasteiger partial charge in [-0.15, -0.1) is 11.3 Å². The molecule has 1 aromatic rings. The first-order valence-corrected chi connectivity index (χ1v) is 5.21. The van der Waals surface area contributed by atoms with Crippen LogP contribution in [-0.2, 0) is 6.18 Å². The van der Waals surface area contributed by atoms with Crippen molar-refractivity contribution in [1.29, 1.82) is 0 Å². The zero-order chi connectivity index (χ0) is 10.2. The van der Waals surface area contributed by atoms with Crippen LogP contribution in [0.1, 0.15) is 29.6 Å². The van der Waals surface area contributed by atoms with E-state index in [-0.39, 0.29) is 6.04 Å². The molecule has 0 radical (unpaired) electrons. The Hall–Kier alpha value is -0.620. The molecule has 0 bridgehead atoms. The predicted molar refractivity (Wildman–Crippen MR) is 47.1 cm³/mol. The van der Waals surface area contributed by atoms with Crippen LogP contribution in [0.5, 0.6) is 0 Å². The van der Waals surface area contributed by atoms with E-state index in [2.05, 4.69) is 10.3 Å². The van der Waals surface area contributed by atoms with E-state index in [9.17, 15) is 13.2 Å². The third kappa shape index (κ3) is 1.90. The Balaban J connectivity index is 2.17. The van der Waals surface area contributed by atoms with Crippen LogP contribution in [-0.4, -0.2) is 11.5 Å². The molecule has 1 saturated heterocycles. The Bertz CT molecular complexity index is 315. The summed E-state index contributed by atoms with van der Waals surface area (Å²) in [5.74, 6) is 0. The highest BCUT2D eigenvalue weighted by Crippen LogP contribution is 2.34. The third-order valence-electron chi connectivity index (χ3n) is 2.18. The highest BCUT2D eigenvalue weighted by molar-refractivity contribution is 7.09. The number of rotatable bonds is 1. The summed E-state index contributed by atoms with van der Waals surface area (Å²) in [6, 6.07) is 0.0161. The molecule has 1 N–H and O–H groups in total. The summed E-state index contributed by atoms with van der Waals surface area (Å²) >= 11 is 0.667. The van der Waals surface area contributed by atoms with Crippen molar-refractivity contribution in [3.63, 3.8) is 0 Å². The summed E-state index contributed by atoms with van der Waals surface area (Å²) in [6.07, 6.45) is -2.42. The maximum atomic E-state index is 12.2. The predicted octanol–water partition coefficient (Wildman–Crippen LogP) is 2.59. The Kier molecular flexibility index (Phi) is 2.48. The molecule has 1 aliphatic rings. The molecule has 14 heavy (non-hydrogen) atoms. The fourth-order valence-corrected chi connectivity index (χ4v) is 2.25. The van der Waals surface area contributed by atoms with Crippen molar-refractivity contribution in [2.75, 3.05) is 6.54 Å². The van der Waals surface area contributed by atoms with Crippen LogP contribution in [0.4, 0.5) is 13.2 Å². The summed E-state index contributed by atoms with van der Waals surface area (Å²) in [6.45, 7) is 0.865. The maximum Gasteiger partial charge on any atom is 0.443 e. The average molecular weight is 222 g/mol. The van der Waals surface area contributed by atoms with Gasteiger partial charge in [-0.1, -0.05) is 0 Å². The van der Waals surface area contributed by atoms with E-state index < -0.39 is 11.2 Å². The first kappa shape index (κ1) is 9.92. The van der Waals surface area contributed by atoms with Gasteiger partial charge >= 0.3 is 6.18 Å². The van der Waals surface area contributed by atoms with E-state index in [0.717, 1.165) is 19.4 Å². The van der Waals surface area contributed by atoms with E-state index in [1.165, 1.54) is 5.38 Å². The largest absolute Gasteiger partial charge is 0.443 e. The Morgan fingerprint density at radius 1 is 1.50 bits per heavy atom. The monoisotopic (exact) mass is 222 g/mol. The number of halogens is 3. The third-order valence-corrected chi connectivity index (χ3v) is 3.09. The summed E-state index contributed by atoms with van der Waals surface area (Å²) in [7, 11) is 0. The maximum absolute atomic E-state index is 12.2. The lowest BCUT2D eigenvalue weighted by Crippen LogP contribution is -2.14. The van der Waals surface area contributed by atoms with Crippen LogP contribution in [0.25, 0.3) is 0 Å². The summed E-state index contributed by atoms with van der Waals surface area (Å²) < 4.78 is 36.6. The van der Waals surface area contributed by atoms with Crippen molar-refractivity contribution in [3.8, 4) is 0 Å². The van der Waals surface area contributed by atoms with Gasteiger partial charge in [0.1, 0.15) is 0 Å². The minimum absolute atomic E-state index is 0.0161. The molecule has 1 atom stereocenters. The van der Waals surface area contributed by atoms with Gasteiger partial charge in [0.25, 0.3) is 0 Å². The van der Waals surface area contributed by atoms with Gasteiger partial charge in [-0.2, -0.15) is 13.2 Å². The molecule has 0 saturated carbocycles. The number of nitrogens with zero attached hydrogens (tertiary/aromatic N) is 1. The highest BCUT2D eigenvalue weighted by Gasteiger charge is 2.35. The lowest BCUT2D eigenvalue weighted by molar-refractivity contribution is -0.137. The minimum Gasteiger partial charge on any atom is -0.309 e. The fraction of sp³-hybridized carbons (Fsp3) is 0.625. The molecule has 2 heterocycles. The van der Waals surface area contributed by atoms with Crippen molar-refractivity contribution in [3.05, 3.63) is 16.1 Å². The topological polar surface area (TPSA) is 24.9 Å².